The molecule has 0 amide bonds. The number of anilines is 1. The highest BCUT2D eigenvalue weighted by Crippen LogP contribution is 2.48. The number of hydrazone groups is 1. The van der Waals surface area contributed by atoms with Crippen LogP contribution in [0.2, 0.25) is 0 Å². The minimum Gasteiger partial charge on any atom is -0.489 e. The normalized spacial score (nSPS) is 24.6. The Morgan fingerprint density at radius 1 is 1.18 bits per heavy atom. The van der Waals surface area contributed by atoms with Gasteiger partial charge >= 0.3 is 0 Å². The van der Waals surface area contributed by atoms with Crippen LogP contribution in [0, 0.1) is 5.82 Å². The third kappa shape index (κ3) is 4.04. The van der Waals surface area contributed by atoms with Crippen molar-refractivity contribution in [3.63, 3.8) is 0 Å². The van der Waals surface area contributed by atoms with E-state index in [1.807, 2.05) is 23.2 Å². The number of hydrogen-bond acceptors (Lipinski definition) is 6. The number of nitrogens with zero attached hydrogens (tertiary/aromatic N) is 3. The van der Waals surface area contributed by atoms with Crippen LogP contribution in [0.4, 0.5) is 10.1 Å². The highest BCUT2D eigenvalue weighted by Gasteiger charge is 2.55. The fourth-order valence-corrected chi connectivity index (χ4v) is 5.58. The van der Waals surface area contributed by atoms with Crippen LogP contribution < -0.4 is 15.1 Å². The van der Waals surface area contributed by atoms with Gasteiger partial charge in [-0.3, -0.25) is 9.80 Å². The fourth-order valence-electron chi connectivity index (χ4n) is 5.58. The van der Waals surface area contributed by atoms with E-state index < -0.39 is 5.41 Å². The minimum atomic E-state index is -0.597. The Balaban J connectivity index is 1.48. The molecule has 7 heteroatoms. The van der Waals surface area contributed by atoms with Gasteiger partial charge in [0.2, 0.25) is 0 Å². The standard InChI is InChI=1S/C26H31FN4O2/c1-19(32)25-26(20-7-3-2-4-8-20,11-5-6-14-30-15-12-28-13-16-30)24-18-33-23-10-9-21(27)17-22(23)31(24)29-25/h2-4,7-10,17,24,28H,5-6,11-16,18H2,1H3/t24-,26+/m0/s1. The zero-order valence-electron chi connectivity index (χ0n) is 19.1. The van der Waals surface area contributed by atoms with Crippen LogP contribution in [-0.4, -0.2) is 61.8 Å². The van der Waals surface area contributed by atoms with Gasteiger partial charge in [-0.1, -0.05) is 36.8 Å². The summed E-state index contributed by atoms with van der Waals surface area (Å²) in [5.74, 6) is 0.209. The summed E-state index contributed by atoms with van der Waals surface area (Å²) in [6, 6.07) is 14.5. The highest BCUT2D eigenvalue weighted by atomic mass is 19.1. The maximum absolute atomic E-state index is 14.1. The van der Waals surface area contributed by atoms with E-state index in [1.54, 1.807) is 13.0 Å². The molecule has 0 aliphatic carbocycles. The predicted octanol–water partition coefficient (Wildman–Crippen LogP) is 3.37. The number of ether oxygens (including phenoxy) is 1. The summed E-state index contributed by atoms with van der Waals surface area (Å²) < 4.78 is 20.2. The van der Waals surface area contributed by atoms with E-state index in [9.17, 15) is 9.18 Å². The zero-order valence-corrected chi connectivity index (χ0v) is 19.1. The van der Waals surface area contributed by atoms with E-state index in [0.717, 1.165) is 57.5 Å². The number of halogens is 1. The summed E-state index contributed by atoms with van der Waals surface area (Å²) in [5.41, 5.74) is 1.60. The van der Waals surface area contributed by atoms with E-state index in [1.165, 1.54) is 12.1 Å². The molecule has 2 aromatic rings. The summed E-state index contributed by atoms with van der Waals surface area (Å²) in [7, 11) is 0. The van der Waals surface area contributed by atoms with Gasteiger partial charge in [0, 0.05) is 39.2 Å². The van der Waals surface area contributed by atoms with Gasteiger partial charge in [0.05, 0.1) is 5.41 Å². The van der Waals surface area contributed by atoms with Crippen LogP contribution >= 0.6 is 0 Å². The number of carbonyl (C=O) groups excluding carboxylic acids is 1. The molecule has 3 aliphatic heterocycles. The van der Waals surface area contributed by atoms with Gasteiger partial charge in [-0.25, -0.2) is 4.39 Å². The molecule has 5 rings (SSSR count). The van der Waals surface area contributed by atoms with E-state index in [-0.39, 0.29) is 17.6 Å². The molecule has 0 saturated carbocycles. The number of rotatable bonds is 7. The van der Waals surface area contributed by atoms with Crippen LogP contribution in [0.25, 0.3) is 0 Å². The lowest BCUT2D eigenvalue weighted by Crippen LogP contribution is -2.53. The molecule has 0 bridgehead atoms. The molecule has 0 radical (unpaired) electrons. The second kappa shape index (κ2) is 9.23. The van der Waals surface area contributed by atoms with E-state index in [0.29, 0.717) is 23.8 Å². The summed E-state index contributed by atoms with van der Waals surface area (Å²) in [6.45, 7) is 7.28. The lowest BCUT2D eigenvalue weighted by atomic mass is 9.67. The molecule has 3 aliphatic rings. The van der Waals surface area contributed by atoms with Crippen LogP contribution in [-0.2, 0) is 10.2 Å². The number of hydrogen-bond donors (Lipinski definition) is 1. The van der Waals surface area contributed by atoms with Crippen molar-refractivity contribution in [3.8, 4) is 5.75 Å². The highest BCUT2D eigenvalue weighted by molar-refractivity contribution is 6.43. The zero-order chi connectivity index (χ0) is 22.8. The Bertz CT molecular complexity index is 1040. The summed E-state index contributed by atoms with van der Waals surface area (Å²) in [5, 5.41) is 10.1. The molecule has 1 fully saturated rings. The van der Waals surface area contributed by atoms with Crippen LogP contribution in [0.15, 0.2) is 53.6 Å². The summed E-state index contributed by atoms with van der Waals surface area (Å²) in [6.07, 6.45) is 2.81. The molecule has 33 heavy (non-hydrogen) atoms. The van der Waals surface area contributed by atoms with Gasteiger partial charge in [0.25, 0.3) is 0 Å². The second-order valence-corrected chi connectivity index (χ2v) is 9.17. The topological polar surface area (TPSA) is 57.2 Å². The van der Waals surface area contributed by atoms with Gasteiger partial charge in [0.15, 0.2) is 5.78 Å². The van der Waals surface area contributed by atoms with Crippen molar-refractivity contribution in [2.75, 3.05) is 44.3 Å². The molecule has 1 N–H and O–H groups in total. The Kier molecular flexibility index (Phi) is 6.17. The first-order chi connectivity index (χ1) is 16.1. The van der Waals surface area contributed by atoms with Crippen molar-refractivity contribution >= 4 is 17.2 Å². The third-order valence-electron chi connectivity index (χ3n) is 7.19. The number of benzene rings is 2. The molecule has 3 heterocycles. The average molecular weight is 451 g/mol. The Hall–Kier alpha value is -2.77. The number of nitrogens with one attached hydrogen (secondary N) is 1. The van der Waals surface area contributed by atoms with Crippen LogP contribution in [0.1, 0.15) is 31.7 Å². The molecule has 2 atom stereocenters. The monoisotopic (exact) mass is 450 g/mol. The van der Waals surface area contributed by atoms with Crippen molar-refractivity contribution in [1.29, 1.82) is 0 Å². The summed E-state index contributed by atoms with van der Waals surface area (Å²) >= 11 is 0. The molecule has 2 aromatic carbocycles. The number of fused-ring (bicyclic) bond motifs is 3. The third-order valence-corrected chi connectivity index (χ3v) is 7.19. The number of carbonyl (C=O) groups is 1. The minimum absolute atomic E-state index is 0.0479. The van der Waals surface area contributed by atoms with Crippen molar-refractivity contribution in [3.05, 3.63) is 59.9 Å². The van der Waals surface area contributed by atoms with Crippen LogP contribution in [0.5, 0.6) is 5.75 Å². The lowest BCUT2D eigenvalue weighted by Gasteiger charge is -2.41. The molecule has 0 spiro atoms. The van der Waals surface area contributed by atoms with Gasteiger partial charge in [-0.15, -0.1) is 0 Å². The molecular formula is C26H31FN4O2. The fraction of sp³-hybridized carbons (Fsp3) is 0.462. The number of piperazine rings is 1. The Morgan fingerprint density at radius 2 is 1.97 bits per heavy atom. The average Bonchev–Trinajstić information content (AvgIpc) is 3.19. The molecule has 0 aromatic heterocycles. The van der Waals surface area contributed by atoms with E-state index in [4.69, 9.17) is 9.84 Å². The van der Waals surface area contributed by atoms with Crippen molar-refractivity contribution in [2.24, 2.45) is 5.10 Å². The lowest BCUT2D eigenvalue weighted by molar-refractivity contribution is -0.111. The molecule has 1 saturated heterocycles. The first-order valence-electron chi connectivity index (χ1n) is 11.9. The van der Waals surface area contributed by atoms with Crippen molar-refractivity contribution in [2.45, 2.75) is 37.6 Å². The maximum Gasteiger partial charge on any atom is 0.176 e. The van der Waals surface area contributed by atoms with Crippen molar-refractivity contribution < 1.29 is 13.9 Å². The van der Waals surface area contributed by atoms with Gasteiger partial charge in [-0.2, -0.15) is 5.10 Å². The van der Waals surface area contributed by atoms with Gasteiger partial charge in [-0.05, 0) is 37.1 Å². The van der Waals surface area contributed by atoms with E-state index in [2.05, 4.69) is 22.3 Å². The molecule has 0 unspecified atom stereocenters. The quantitative estimate of drug-likeness (QED) is 0.656. The first kappa shape index (κ1) is 22.0. The molecule has 174 valence electrons. The SMILES string of the molecule is CC(=O)C1=NN2c3cc(F)ccc3OC[C@H]2[C@@]1(CCCCN1CCNCC1)c1ccccc1. The predicted molar refractivity (Wildman–Crippen MR) is 128 cm³/mol. The Morgan fingerprint density at radius 3 is 2.73 bits per heavy atom. The smallest absolute Gasteiger partial charge is 0.176 e. The first-order valence-corrected chi connectivity index (χ1v) is 11.9. The largest absolute Gasteiger partial charge is 0.489 e. The number of unbranched alkanes of at least 4 members (excludes halogenated alkanes) is 1. The number of Topliss-reactive ketones (excluding diaryl/α,β-unsaturated/α-hetero) is 1. The number of ketones is 1. The van der Waals surface area contributed by atoms with Gasteiger partial charge in [0.1, 0.15) is 35.6 Å². The van der Waals surface area contributed by atoms with Crippen LogP contribution in [0.3, 0.4) is 0 Å². The molecular weight excluding hydrogens is 419 g/mol. The second-order valence-electron chi connectivity index (χ2n) is 9.17. The Labute approximate surface area is 194 Å². The maximum atomic E-state index is 14.1. The van der Waals surface area contributed by atoms with Gasteiger partial charge < -0.3 is 15.0 Å². The summed E-state index contributed by atoms with van der Waals surface area (Å²) in [4.78, 5) is 15.4. The van der Waals surface area contributed by atoms with Crippen molar-refractivity contribution in [1.82, 2.24) is 10.2 Å². The van der Waals surface area contributed by atoms with E-state index >= 15 is 0 Å². The molecule has 6 nitrogen and oxygen atoms in total.